The second kappa shape index (κ2) is 4.77. The van der Waals surface area contributed by atoms with E-state index in [9.17, 15) is 10.2 Å². The highest BCUT2D eigenvalue weighted by Gasteiger charge is 2.43. The highest BCUT2D eigenvalue weighted by atomic mass is 16.6. The molecule has 0 bridgehead atoms. The van der Waals surface area contributed by atoms with E-state index in [2.05, 4.69) is 4.98 Å². The van der Waals surface area contributed by atoms with Crippen molar-refractivity contribution in [3.8, 4) is 6.07 Å². The third-order valence-electron chi connectivity index (χ3n) is 2.82. The normalized spacial score (nSPS) is 32.4. The zero-order chi connectivity index (χ0) is 12.4. The van der Waals surface area contributed by atoms with Gasteiger partial charge in [0.1, 0.15) is 24.4 Å². The standard InChI is InChI=1S/C11H12N2O4/c12-3-6-1-2-13-4-7(6)11-10(16)9(15)8(5-14)17-11/h1-2,4,8-11,14-16H,5H2/t8-,9-,10-,11-/m1/s1. The summed E-state index contributed by atoms with van der Waals surface area (Å²) in [5.74, 6) is 0. The number of aromatic nitrogens is 1. The molecule has 2 heterocycles. The quantitative estimate of drug-likeness (QED) is 0.614. The van der Waals surface area contributed by atoms with Gasteiger partial charge in [0, 0.05) is 18.0 Å². The molecule has 1 aromatic rings. The Morgan fingerprint density at radius 3 is 2.76 bits per heavy atom. The van der Waals surface area contributed by atoms with Gasteiger partial charge < -0.3 is 20.1 Å². The number of aliphatic hydroxyl groups excluding tert-OH is 3. The van der Waals surface area contributed by atoms with E-state index < -0.39 is 31.0 Å². The molecule has 0 unspecified atom stereocenters. The monoisotopic (exact) mass is 236 g/mol. The van der Waals surface area contributed by atoms with Gasteiger partial charge in [-0.05, 0) is 6.07 Å². The Morgan fingerprint density at radius 2 is 2.18 bits per heavy atom. The average Bonchev–Trinajstić information content (AvgIpc) is 2.66. The fraction of sp³-hybridized carbons (Fsp3) is 0.455. The third-order valence-corrected chi connectivity index (χ3v) is 2.82. The predicted molar refractivity (Wildman–Crippen MR) is 55.7 cm³/mol. The highest BCUT2D eigenvalue weighted by molar-refractivity contribution is 5.37. The molecule has 17 heavy (non-hydrogen) atoms. The van der Waals surface area contributed by atoms with Crippen LogP contribution >= 0.6 is 0 Å². The lowest BCUT2D eigenvalue weighted by atomic mass is 9.99. The molecule has 2 rings (SSSR count). The first kappa shape index (κ1) is 12.0. The van der Waals surface area contributed by atoms with Gasteiger partial charge in [-0.15, -0.1) is 0 Å². The summed E-state index contributed by atoms with van der Waals surface area (Å²) in [6.45, 7) is -0.392. The van der Waals surface area contributed by atoms with Gasteiger partial charge in [0.2, 0.25) is 0 Å². The Bertz CT molecular complexity index is 445. The molecule has 0 aromatic carbocycles. The topological polar surface area (TPSA) is 107 Å². The van der Waals surface area contributed by atoms with Gasteiger partial charge in [0.25, 0.3) is 0 Å². The minimum atomic E-state index is -1.18. The maximum Gasteiger partial charge on any atom is 0.114 e. The van der Waals surface area contributed by atoms with Crippen LogP contribution in [-0.4, -0.2) is 45.2 Å². The van der Waals surface area contributed by atoms with Gasteiger partial charge in [-0.1, -0.05) is 0 Å². The van der Waals surface area contributed by atoms with Crippen molar-refractivity contribution in [2.45, 2.75) is 24.4 Å². The van der Waals surface area contributed by atoms with Gasteiger partial charge in [0.15, 0.2) is 0 Å². The van der Waals surface area contributed by atoms with Gasteiger partial charge in [-0.3, -0.25) is 4.98 Å². The van der Waals surface area contributed by atoms with E-state index in [1.165, 1.54) is 18.5 Å². The van der Waals surface area contributed by atoms with Crippen LogP contribution < -0.4 is 0 Å². The van der Waals surface area contributed by atoms with Crippen molar-refractivity contribution >= 4 is 0 Å². The van der Waals surface area contributed by atoms with Crippen LogP contribution in [0, 0.1) is 11.3 Å². The lowest BCUT2D eigenvalue weighted by Crippen LogP contribution is -2.32. The molecular formula is C11H12N2O4. The van der Waals surface area contributed by atoms with E-state index in [1.807, 2.05) is 6.07 Å². The van der Waals surface area contributed by atoms with Crippen LogP contribution in [0.25, 0.3) is 0 Å². The number of nitriles is 1. The summed E-state index contributed by atoms with van der Waals surface area (Å²) in [5.41, 5.74) is 0.743. The molecule has 3 N–H and O–H groups in total. The van der Waals surface area contributed by atoms with Crippen LogP contribution in [0.5, 0.6) is 0 Å². The summed E-state index contributed by atoms with van der Waals surface area (Å²) in [5, 5.41) is 37.3. The van der Waals surface area contributed by atoms with E-state index >= 15 is 0 Å². The zero-order valence-corrected chi connectivity index (χ0v) is 8.89. The molecule has 90 valence electrons. The fourth-order valence-corrected chi connectivity index (χ4v) is 1.89. The van der Waals surface area contributed by atoms with Gasteiger partial charge in [-0.25, -0.2) is 0 Å². The molecule has 0 radical (unpaired) electrons. The average molecular weight is 236 g/mol. The van der Waals surface area contributed by atoms with Crippen molar-refractivity contribution < 1.29 is 20.1 Å². The molecule has 1 aliphatic rings. The smallest absolute Gasteiger partial charge is 0.114 e. The summed E-state index contributed by atoms with van der Waals surface area (Å²) in [6.07, 6.45) is -1.16. The predicted octanol–water partition coefficient (Wildman–Crippen LogP) is -0.893. The van der Waals surface area contributed by atoms with E-state index in [0.29, 0.717) is 11.1 Å². The van der Waals surface area contributed by atoms with Gasteiger partial charge in [-0.2, -0.15) is 5.26 Å². The minimum absolute atomic E-state index is 0.329. The maximum absolute atomic E-state index is 9.81. The SMILES string of the molecule is N#Cc1ccncc1[C@H]1O[C@H](CO)[C@@H](O)[C@H]1O. The minimum Gasteiger partial charge on any atom is -0.394 e. The summed E-state index contributed by atoms with van der Waals surface area (Å²) < 4.78 is 5.32. The van der Waals surface area contributed by atoms with Crippen LogP contribution in [0.4, 0.5) is 0 Å². The molecule has 6 nitrogen and oxygen atoms in total. The zero-order valence-electron chi connectivity index (χ0n) is 8.89. The van der Waals surface area contributed by atoms with Crippen LogP contribution in [0.2, 0.25) is 0 Å². The molecule has 0 amide bonds. The van der Waals surface area contributed by atoms with Crippen molar-refractivity contribution in [3.05, 3.63) is 29.6 Å². The van der Waals surface area contributed by atoms with Crippen LogP contribution in [-0.2, 0) is 4.74 Å². The van der Waals surface area contributed by atoms with Crippen molar-refractivity contribution in [1.29, 1.82) is 5.26 Å². The van der Waals surface area contributed by atoms with Crippen LogP contribution in [0.3, 0.4) is 0 Å². The summed E-state index contributed by atoms with van der Waals surface area (Å²) >= 11 is 0. The molecule has 0 spiro atoms. The van der Waals surface area contributed by atoms with Gasteiger partial charge in [0.05, 0.1) is 18.2 Å². The summed E-state index contributed by atoms with van der Waals surface area (Å²) in [7, 11) is 0. The second-order valence-corrected chi connectivity index (χ2v) is 3.83. The number of aliphatic hydroxyl groups is 3. The van der Waals surface area contributed by atoms with Gasteiger partial charge >= 0.3 is 0 Å². The lowest BCUT2D eigenvalue weighted by Gasteiger charge is -2.15. The van der Waals surface area contributed by atoms with E-state index in [-0.39, 0.29) is 0 Å². The van der Waals surface area contributed by atoms with E-state index in [0.717, 1.165) is 0 Å². The number of ether oxygens (including phenoxy) is 1. The molecule has 4 atom stereocenters. The molecule has 1 aliphatic heterocycles. The Morgan fingerprint density at radius 1 is 1.41 bits per heavy atom. The van der Waals surface area contributed by atoms with Crippen molar-refractivity contribution in [1.82, 2.24) is 4.98 Å². The molecule has 6 heteroatoms. The third kappa shape index (κ3) is 2.01. The molecular weight excluding hydrogens is 224 g/mol. The molecule has 1 saturated heterocycles. The van der Waals surface area contributed by atoms with Crippen molar-refractivity contribution in [3.63, 3.8) is 0 Å². The molecule has 1 fully saturated rings. The van der Waals surface area contributed by atoms with Crippen LogP contribution in [0.1, 0.15) is 17.2 Å². The van der Waals surface area contributed by atoms with E-state index in [1.54, 1.807) is 0 Å². The second-order valence-electron chi connectivity index (χ2n) is 3.83. The number of rotatable bonds is 2. The number of hydrogen-bond acceptors (Lipinski definition) is 6. The Labute approximate surface area is 97.7 Å². The Hall–Kier alpha value is -1.52. The first-order valence-corrected chi connectivity index (χ1v) is 5.15. The number of nitrogens with zero attached hydrogens (tertiary/aromatic N) is 2. The maximum atomic E-state index is 9.81. The fourth-order valence-electron chi connectivity index (χ4n) is 1.89. The van der Waals surface area contributed by atoms with Crippen LogP contribution in [0.15, 0.2) is 18.5 Å². The first-order chi connectivity index (χ1) is 8.19. The number of hydrogen-bond donors (Lipinski definition) is 3. The molecule has 1 aromatic heterocycles. The molecule has 0 saturated carbocycles. The van der Waals surface area contributed by atoms with Crippen molar-refractivity contribution in [2.75, 3.05) is 6.61 Å². The Kier molecular flexibility index (Phi) is 3.36. The largest absolute Gasteiger partial charge is 0.394 e. The summed E-state index contributed by atoms with van der Waals surface area (Å²) in [4.78, 5) is 3.86. The molecule has 0 aliphatic carbocycles. The summed E-state index contributed by atoms with van der Waals surface area (Å²) in [6, 6.07) is 3.47. The lowest BCUT2D eigenvalue weighted by molar-refractivity contribution is -0.0229. The van der Waals surface area contributed by atoms with Crippen molar-refractivity contribution in [2.24, 2.45) is 0 Å². The highest BCUT2D eigenvalue weighted by Crippen LogP contribution is 2.34. The Balaban J connectivity index is 2.32. The first-order valence-electron chi connectivity index (χ1n) is 5.15. The number of pyridine rings is 1. The van der Waals surface area contributed by atoms with E-state index in [4.69, 9.17) is 15.1 Å².